The van der Waals surface area contributed by atoms with Crippen LogP contribution >= 0.6 is 0 Å². The molecule has 2 fully saturated rings. The summed E-state index contributed by atoms with van der Waals surface area (Å²) in [6.45, 7) is 4.47. The Hall–Kier alpha value is -0.550. The van der Waals surface area contributed by atoms with E-state index in [2.05, 4.69) is 17.9 Å². The van der Waals surface area contributed by atoms with Gasteiger partial charge in [-0.05, 0) is 51.6 Å². The molecule has 1 aliphatic carbocycles. The molecule has 0 bridgehead atoms. The molecule has 1 aliphatic heterocycles. The molecule has 0 aromatic heterocycles. The molecule has 0 spiro atoms. The Bertz CT molecular complexity index is 236. The van der Waals surface area contributed by atoms with Gasteiger partial charge >= 0.3 is 0 Å². The molecule has 0 amide bonds. The van der Waals surface area contributed by atoms with E-state index in [0.717, 1.165) is 13.1 Å². The second-order valence-electron chi connectivity index (χ2n) is 5.64. The van der Waals surface area contributed by atoms with Gasteiger partial charge in [0.25, 0.3) is 0 Å². The van der Waals surface area contributed by atoms with Crippen LogP contribution in [0.1, 0.15) is 58.3 Å². The fourth-order valence-electron chi connectivity index (χ4n) is 3.44. The molecule has 0 N–H and O–H groups in total. The minimum Gasteiger partial charge on any atom is -0.286 e. The topological polar surface area (TPSA) is 27.0 Å². The Morgan fingerprint density at radius 1 is 1.00 bits per heavy atom. The lowest BCUT2D eigenvalue weighted by Gasteiger charge is -2.44. The average molecular weight is 220 g/mol. The molecule has 1 saturated carbocycles. The lowest BCUT2D eigenvalue weighted by atomic mass is 9.75. The third kappa shape index (κ3) is 2.25. The molecule has 1 saturated heterocycles. The summed E-state index contributed by atoms with van der Waals surface area (Å²) in [6, 6.07) is 2.64. The lowest BCUT2D eigenvalue weighted by molar-refractivity contribution is 0.0570. The molecule has 1 atom stereocenters. The number of nitriles is 1. The smallest absolute Gasteiger partial charge is 0.109 e. The molecule has 0 aromatic carbocycles. The minimum atomic E-state index is -0.180. The zero-order valence-corrected chi connectivity index (χ0v) is 10.5. The van der Waals surface area contributed by atoms with Gasteiger partial charge in [-0.2, -0.15) is 5.26 Å². The zero-order chi connectivity index (χ0) is 11.4. The Balaban J connectivity index is 2.07. The van der Waals surface area contributed by atoms with E-state index in [1.165, 1.54) is 51.4 Å². The summed E-state index contributed by atoms with van der Waals surface area (Å²) in [5.74, 6) is 0.615. The SMILES string of the molecule is CC(C#N)(C1CCCCC1)N1CCCCC1. The van der Waals surface area contributed by atoms with Crippen molar-refractivity contribution in [3.63, 3.8) is 0 Å². The molecule has 16 heavy (non-hydrogen) atoms. The molecule has 0 aromatic rings. The summed E-state index contributed by atoms with van der Waals surface area (Å²) in [5.41, 5.74) is -0.180. The molecule has 0 radical (unpaired) electrons. The molecule has 2 heteroatoms. The standard InChI is InChI=1S/C14H24N2/c1-14(12-15,13-8-4-2-5-9-13)16-10-6-3-7-11-16/h13H,2-11H2,1H3. The number of rotatable bonds is 2. The van der Waals surface area contributed by atoms with Crippen molar-refractivity contribution in [3.8, 4) is 6.07 Å². The third-order valence-electron chi connectivity index (χ3n) is 4.64. The predicted octanol–water partition coefficient (Wildman–Crippen LogP) is 3.33. The monoisotopic (exact) mass is 220 g/mol. The van der Waals surface area contributed by atoms with E-state index < -0.39 is 0 Å². The van der Waals surface area contributed by atoms with Gasteiger partial charge in [-0.1, -0.05) is 25.7 Å². The fourth-order valence-corrected chi connectivity index (χ4v) is 3.44. The Kier molecular flexibility index (Phi) is 3.86. The van der Waals surface area contributed by atoms with Gasteiger partial charge in [-0.25, -0.2) is 0 Å². The minimum absolute atomic E-state index is 0.180. The van der Waals surface area contributed by atoms with Crippen LogP contribution in [0.5, 0.6) is 0 Å². The van der Waals surface area contributed by atoms with Gasteiger partial charge in [0.2, 0.25) is 0 Å². The molecular formula is C14H24N2. The number of piperidine rings is 1. The van der Waals surface area contributed by atoms with Gasteiger partial charge in [0.1, 0.15) is 5.54 Å². The highest BCUT2D eigenvalue weighted by molar-refractivity contribution is 5.10. The van der Waals surface area contributed by atoms with Crippen molar-refractivity contribution in [2.45, 2.75) is 63.8 Å². The van der Waals surface area contributed by atoms with E-state index in [1.54, 1.807) is 0 Å². The molecular weight excluding hydrogens is 196 g/mol. The number of hydrogen-bond donors (Lipinski definition) is 0. The maximum atomic E-state index is 9.60. The summed E-state index contributed by atoms with van der Waals surface area (Å²) in [7, 11) is 0. The first-order chi connectivity index (χ1) is 7.77. The Morgan fingerprint density at radius 2 is 1.56 bits per heavy atom. The number of likely N-dealkylation sites (tertiary alicyclic amines) is 1. The van der Waals surface area contributed by atoms with Crippen molar-refractivity contribution in [1.29, 1.82) is 5.26 Å². The summed E-state index contributed by atoms with van der Waals surface area (Å²) < 4.78 is 0. The highest BCUT2D eigenvalue weighted by Crippen LogP contribution is 2.37. The molecule has 2 aliphatic rings. The van der Waals surface area contributed by atoms with Crippen LogP contribution in [-0.2, 0) is 0 Å². The van der Waals surface area contributed by atoms with Crippen LogP contribution in [0, 0.1) is 17.2 Å². The van der Waals surface area contributed by atoms with E-state index in [1.807, 2.05) is 0 Å². The van der Waals surface area contributed by atoms with Gasteiger partial charge < -0.3 is 0 Å². The first-order valence-electron chi connectivity index (χ1n) is 6.93. The van der Waals surface area contributed by atoms with Crippen LogP contribution < -0.4 is 0 Å². The van der Waals surface area contributed by atoms with E-state index in [9.17, 15) is 5.26 Å². The maximum Gasteiger partial charge on any atom is 0.109 e. The van der Waals surface area contributed by atoms with Gasteiger partial charge in [-0.3, -0.25) is 4.90 Å². The summed E-state index contributed by atoms with van der Waals surface area (Å²) in [4.78, 5) is 2.46. The van der Waals surface area contributed by atoms with E-state index >= 15 is 0 Å². The second kappa shape index (κ2) is 5.19. The quantitative estimate of drug-likeness (QED) is 0.713. The molecule has 1 heterocycles. The van der Waals surface area contributed by atoms with Gasteiger partial charge in [0, 0.05) is 0 Å². The van der Waals surface area contributed by atoms with Crippen molar-refractivity contribution in [1.82, 2.24) is 4.90 Å². The molecule has 90 valence electrons. The molecule has 2 rings (SSSR count). The van der Waals surface area contributed by atoms with Gasteiger partial charge in [0.15, 0.2) is 0 Å². The van der Waals surface area contributed by atoms with Crippen molar-refractivity contribution in [3.05, 3.63) is 0 Å². The molecule has 2 nitrogen and oxygen atoms in total. The fraction of sp³-hybridized carbons (Fsp3) is 0.929. The lowest BCUT2D eigenvalue weighted by Crippen LogP contribution is -2.53. The Morgan fingerprint density at radius 3 is 2.12 bits per heavy atom. The van der Waals surface area contributed by atoms with Crippen LogP contribution in [0.3, 0.4) is 0 Å². The van der Waals surface area contributed by atoms with Crippen LogP contribution in [0.4, 0.5) is 0 Å². The third-order valence-corrected chi connectivity index (χ3v) is 4.64. The summed E-state index contributed by atoms with van der Waals surface area (Å²) >= 11 is 0. The van der Waals surface area contributed by atoms with Crippen LogP contribution in [0.25, 0.3) is 0 Å². The number of nitrogens with zero attached hydrogens (tertiary/aromatic N) is 2. The van der Waals surface area contributed by atoms with E-state index in [4.69, 9.17) is 0 Å². The normalized spacial score (nSPS) is 28.2. The van der Waals surface area contributed by atoms with Crippen LogP contribution in [0.2, 0.25) is 0 Å². The van der Waals surface area contributed by atoms with Crippen molar-refractivity contribution < 1.29 is 0 Å². The van der Waals surface area contributed by atoms with E-state index in [-0.39, 0.29) is 5.54 Å². The number of hydrogen-bond acceptors (Lipinski definition) is 2. The average Bonchev–Trinajstić information content (AvgIpc) is 2.40. The van der Waals surface area contributed by atoms with Crippen LogP contribution in [0.15, 0.2) is 0 Å². The van der Waals surface area contributed by atoms with Crippen LogP contribution in [-0.4, -0.2) is 23.5 Å². The molecule has 1 unspecified atom stereocenters. The highest BCUT2D eigenvalue weighted by atomic mass is 15.2. The predicted molar refractivity (Wildman–Crippen MR) is 66.0 cm³/mol. The van der Waals surface area contributed by atoms with E-state index in [0.29, 0.717) is 5.92 Å². The summed E-state index contributed by atoms with van der Waals surface area (Å²) in [6.07, 6.45) is 10.5. The van der Waals surface area contributed by atoms with Gasteiger partial charge in [-0.15, -0.1) is 0 Å². The van der Waals surface area contributed by atoms with Gasteiger partial charge in [0.05, 0.1) is 6.07 Å². The zero-order valence-electron chi connectivity index (χ0n) is 10.5. The van der Waals surface area contributed by atoms with Crippen molar-refractivity contribution >= 4 is 0 Å². The van der Waals surface area contributed by atoms with Crippen molar-refractivity contribution in [2.75, 3.05) is 13.1 Å². The second-order valence-corrected chi connectivity index (χ2v) is 5.64. The first kappa shape index (κ1) is 11.9. The summed E-state index contributed by atoms with van der Waals surface area (Å²) in [5, 5.41) is 9.60. The highest BCUT2D eigenvalue weighted by Gasteiger charge is 2.40. The largest absolute Gasteiger partial charge is 0.286 e. The maximum absolute atomic E-state index is 9.60. The van der Waals surface area contributed by atoms with Crippen molar-refractivity contribution in [2.24, 2.45) is 5.92 Å². The Labute approximate surface area is 99.6 Å². The first-order valence-corrected chi connectivity index (χ1v) is 6.93.